The second-order valence-corrected chi connectivity index (χ2v) is 8.21. The van der Waals surface area contributed by atoms with E-state index in [1.807, 2.05) is 32.0 Å². The summed E-state index contributed by atoms with van der Waals surface area (Å²) in [6.07, 6.45) is 1.88. The molecule has 0 saturated heterocycles. The lowest BCUT2D eigenvalue weighted by atomic mass is 10.1. The number of rotatable bonds is 9. The van der Waals surface area contributed by atoms with Gasteiger partial charge < -0.3 is 19.8 Å². The van der Waals surface area contributed by atoms with Crippen LogP contribution in [0, 0.1) is 6.92 Å². The third-order valence-electron chi connectivity index (χ3n) is 3.97. The van der Waals surface area contributed by atoms with Crippen molar-refractivity contribution in [1.82, 2.24) is 15.2 Å². The quantitative estimate of drug-likeness (QED) is 0.624. The monoisotopic (exact) mass is 405 g/mol. The average Bonchev–Trinajstić information content (AvgIpc) is 2.67. The molecule has 28 heavy (non-hydrogen) atoms. The maximum Gasteiger partial charge on any atom is 0.257 e. The summed E-state index contributed by atoms with van der Waals surface area (Å²) < 4.78 is 35.8. The molecule has 8 heteroatoms. The molecule has 0 saturated carbocycles. The first kappa shape index (κ1) is 21.7. The maximum atomic E-state index is 12.6. The van der Waals surface area contributed by atoms with Gasteiger partial charge in [0.15, 0.2) is 0 Å². The van der Waals surface area contributed by atoms with Gasteiger partial charge in [0.2, 0.25) is 0 Å². The first-order chi connectivity index (χ1) is 13.2. The average molecular weight is 406 g/mol. The molecule has 0 fully saturated rings. The van der Waals surface area contributed by atoms with E-state index in [0.29, 0.717) is 23.7 Å². The SMILES string of the molecule is COc1cc(OC)cc(/C(=C/CN(C)C)NNS(=O)(=O)c2ccc(C)cc2)c1. The number of methoxy groups -OCH3 is 2. The Morgan fingerprint density at radius 3 is 2.11 bits per heavy atom. The zero-order chi connectivity index (χ0) is 20.7. The van der Waals surface area contributed by atoms with Crippen LogP contribution in [0.5, 0.6) is 11.5 Å². The second kappa shape index (κ2) is 9.59. The molecular weight excluding hydrogens is 378 g/mol. The van der Waals surface area contributed by atoms with Crippen LogP contribution < -0.4 is 19.7 Å². The van der Waals surface area contributed by atoms with E-state index in [2.05, 4.69) is 10.3 Å². The lowest BCUT2D eigenvalue weighted by Gasteiger charge is -2.16. The number of hydrogen-bond acceptors (Lipinski definition) is 6. The Bertz CT molecular complexity index is 901. The first-order valence-electron chi connectivity index (χ1n) is 8.68. The van der Waals surface area contributed by atoms with Crippen molar-refractivity contribution >= 4 is 15.7 Å². The van der Waals surface area contributed by atoms with Gasteiger partial charge >= 0.3 is 0 Å². The van der Waals surface area contributed by atoms with Crippen LogP contribution in [-0.4, -0.2) is 48.2 Å². The molecule has 0 aliphatic heterocycles. The molecule has 0 radical (unpaired) electrons. The van der Waals surface area contributed by atoms with Crippen molar-refractivity contribution in [3.63, 3.8) is 0 Å². The molecule has 2 aromatic rings. The van der Waals surface area contributed by atoms with Crippen LogP contribution >= 0.6 is 0 Å². The second-order valence-electron chi connectivity index (χ2n) is 6.52. The zero-order valence-electron chi connectivity index (χ0n) is 16.8. The number of aryl methyl sites for hydroxylation is 1. The van der Waals surface area contributed by atoms with Crippen LogP contribution in [0.25, 0.3) is 5.70 Å². The molecule has 0 aromatic heterocycles. The van der Waals surface area contributed by atoms with Crippen molar-refractivity contribution < 1.29 is 17.9 Å². The molecular formula is C20H27N3O4S. The molecule has 0 amide bonds. The molecule has 2 rings (SSSR count). The molecule has 0 bridgehead atoms. The fourth-order valence-electron chi connectivity index (χ4n) is 2.38. The summed E-state index contributed by atoms with van der Waals surface area (Å²) in [6, 6.07) is 12.0. The predicted molar refractivity (Wildman–Crippen MR) is 111 cm³/mol. The van der Waals surface area contributed by atoms with Gasteiger partial charge in [0.1, 0.15) is 11.5 Å². The number of nitrogens with zero attached hydrogens (tertiary/aromatic N) is 1. The highest BCUT2D eigenvalue weighted by molar-refractivity contribution is 7.89. The molecule has 7 nitrogen and oxygen atoms in total. The smallest absolute Gasteiger partial charge is 0.257 e. The molecule has 0 heterocycles. The first-order valence-corrected chi connectivity index (χ1v) is 10.2. The third kappa shape index (κ3) is 5.98. The van der Waals surface area contributed by atoms with Crippen LogP contribution in [-0.2, 0) is 10.0 Å². The number of sulfonamides is 1. The van der Waals surface area contributed by atoms with Crippen molar-refractivity contribution in [2.45, 2.75) is 11.8 Å². The molecule has 0 aliphatic carbocycles. The Morgan fingerprint density at radius 2 is 1.61 bits per heavy atom. The van der Waals surface area contributed by atoms with Gasteiger partial charge in [0.25, 0.3) is 10.0 Å². The zero-order valence-corrected chi connectivity index (χ0v) is 17.6. The molecule has 0 unspecified atom stereocenters. The van der Waals surface area contributed by atoms with Gasteiger partial charge in [-0.25, -0.2) is 8.42 Å². The van der Waals surface area contributed by atoms with E-state index >= 15 is 0 Å². The minimum atomic E-state index is -3.73. The number of nitrogens with one attached hydrogen (secondary N) is 2. The van der Waals surface area contributed by atoms with Gasteiger partial charge in [-0.15, -0.1) is 4.83 Å². The predicted octanol–water partition coefficient (Wildman–Crippen LogP) is 2.40. The Hall–Kier alpha value is -2.55. The Kier molecular flexibility index (Phi) is 7.45. The van der Waals surface area contributed by atoms with Crippen molar-refractivity contribution in [1.29, 1.82) is 0 Å². The van der Waals surface area contributed by atoms with E-state index in [4.69, 9.17) is 9.47 Å². The summed E-state index contributed by atoms with van der Waals surface area (Å²) in [4.78, 5) is 4.59. The van der Waals surface area contributed by atoms with Gasteiger partial charge in [-0.3, -0.25) is 0 Å². The highest BCUT2D eigenvalue weighted by atomic mass is 32.2. The fourth-order valence-corrected chi connectivity index (χ4v) is 3.23. The van der Waals surface area contributed by atoms with Crippen molar-refractivity contribution in [3.05, 3.63) is 59.7 Å². The van der Waals surface area contributed by atoms with E-state index in [1.165, 1.54) is 0 Å². The number of benzene rings is 2. The van der Waals surface area contributed by atoms with Gasteiger partial charge in [-0.05, 0) is 51.4 Å². The lowest BCUT2D eigenvalue weighted by molar-refractivity contribution is 0.394. The summed E-state index contributed by atoms with van der Waals surface area (Å²) in [5, 5.41) is 0. The summed E-state index contributed by atoms with van der Waals surface area (Å²) >= 11 is 0. The van der Waals surface area contributed by atoms with Gasteiger partial charge in [0, 0.05) is 18.2 Å². The summed E-state index contributed by atoms with van der Waals surface area (Å²) in [5.41, 5.74) is 5.13. The van der Waals surface area contributed by atoms with Crippen LogP contribution in [0.2, 0.25) is 0 Å². The maximum absolute atomic E-state index is 12.6. The van der Waals surface area contributed by atoms with Crippen molar-refractivity contribution in [2.75, 3.05) is 34.9 Å². The third-order valence-corrected chi connectivity index (χ3v) is 5.24. The highest BCUT2D eigenvalue weighted by Gasteiger charge is 2.15. The van der Waals surface area contributed by atoms with E-state index in [1.54, 1.807) is 56.7 Å². The molecule has 0 atom stereocenters. The van der Waals surface area contributed by atoms with Gasteiger partial charge in [0.05, 0.1) is 24.8 Å². The van der Waals surface area contributed by atoms with Gasteiger partial charge in [-0.1, -0.05) is 17.7 Å². The fraction of sp³-hybridized carbons (Fsp3) is 0.300. The van der Waals surface area contributed by atoms with Crippen LogP contribution in [0.15, 0.2) is 53.4 Å². The Morgan fingerprint density at radius 1 is 1.04 bits per heavy atom. The van der Waals surface area contributed by atoms with E-state index in [-0.39, 0.29) is 4.90 Å². The van der Waals surface area contributed by atoms with E-state index in [9.17, 15) is 8.42 Å². The minimum Gasteiger partial charge on any atom is -0.497 e. The van der Waals surface area contributed by atoms with Crippen LogP contribution in [0.4, 0.5) is 0 Å². The van der Waals surface area contributed by atoms with Crippen molar-refractivity contribution in [2.24, 2.45) is 0 Å². The molecule has 0 aliphatic rings. The largest absolute Gasteiger partial charge is 0.497 e. The lowest BCUT2D eigenvalue weighted by Crippen LogP contribution is -2.36. The Labute approximate surface area is 167 Å². The summed E-state index contributed by atoms with van der Waals surface area (Å²) in [7, 11) is 3.26. The van der Waals surface area contributed by atoms with E-state index in [0.717, 1.165) is 11.1 Å². The van der Waals surface area contributed by atoms with E-state index < -0.39 is 10.0 Å². The molecule has 2 N–H and O–H groups in total. The van der Waals surface area contributed by atoms with Crippen LogP contribution in [0.3, 0.4) is 0 Å². The number of ether oxygens (including phenoxy) is 2. The molecule has 152 valence electrons. The Balaban J connectivity index is 2.32. The highest BCUT2D eigenvalue weighted by Crippen LogP contribution is 2.26. The summed E-state index contributed by atoms with van der Waals surface area (Å²) in [5.74, 6) is 1.21. The van der Waals surface area contributed by atoms with Crippen molar-refractivity contribution in [3.8, 4) is 11.5 Å². The minimum absolute atomic E-state index is 0.181. The summed E-state index contributed by atoms with van der Waals surface area (Å²) in [6.45, 7) is 2.51. The number of hydrazine groups is 1. The molecule has 0 spiro atoms. The topological polar surface area (TPSA) is 79.9 Å². The number of hydrogen-bond donors (Lipinski definition) is 2. The molecule has 2 aromatic carbocycles. The standard InChI is InChI=1S/C20H27N3O4S/c1-15-6-8-19(9-7-15)28(24,25)22-21-20(10-11-23(2)3)16-12-17(26-4)14-18(13-16)27-5/h6-10,12-14,21-22H,11H2,1-5H3/b20-10-. The van der Waals surface area contributed by atoms with Crippen LogP contribution in [0.1, 0.15) is 11.1 Å². The normalized spacial score (nSPS) is 12.1. The van der Waals surface area contributed by atoms with Gasteiger partial charge in [-0.2, -0.15) is 0 Å². The number of likely N-dealkylation sites (N-methyl/N-ethyl adjacent to an activating group) is 1.